The highest BCUT2D eigenvalue weighted by molar-refractivity contribution is 5.96. The molecule has 0 aliphatic rings. The van der Waals surface area contributed by atoms with Crippen molar-refractivity contribution in [1.82, 2.24) is 5.32 Å². The predicted molar refractivity (Wildman–Crippen MR) is 86.2 cm³/mol. The Balaban J connectivity index is 2.82. The van der Waals surface area contributed by atoms with Gasteiger partial charge in [-0.3, -0.25) is 4.79 Å². The maximum atomic E-state index is 12.3. The number of carbonyl (C=O) groups is 1. The number of hydrogen-bond acceptors (Lipinski definition) is 2. The molecule has 0 aromatic heterocycles. The molecule has 21 heavy (non-hydrogen) atoms. The number of aliphatic hydroxyl groups excluding tert-OH is 1. The van der Waals surface area contributed by atoms with E-state index in [2.05, 4.69) is 37.9 Å². The number of aliphatic hydroxyl groups is 1. The number of hydrogen-bond donors (Lipinski definition) is 2. The molecule has 1 aromatic carbocycles. The minimum absolute atomic E-state index is 0.0337. The third-order valence-corrected chi connectivity index (χ3v) is 3.04. The van der Waals surface area contributed by atoms with Gasteiger partial charge in [-0.2, -0.15) is 0 Å². The number of aryl methyl sites for hydroxylation is 1. The van der Waals surface area contributed by atoms with Crippen LogP contribution in [0.15, 0.2) is 18.2 Å². The minimum Gasteiger partial charge on any atom is -0.395 e. The topological polar surface area (TPSA) is 49.3 Å². The maximum absolute atomic E-state index is 12.3. The fourth-order valence-electron chi connectivity index (χ4n) is 1.82. The maximum Gasteiger partial charge on any atom is 0.252 e. The molecule has 0 radical (unpaired) electrons. The summed E-state index contributed by atoms with van der Waals surface area (Å²) < 4.78 is 0. The molecule has 3 nitrogen and oxygen atoms in total. The average molecular weight is 287 g/mol. The summed E-state index contributed by atoms with van der Waals surface area (Å²) in [5, 5.41) is 11.7. The van der Waals surface area contributed by atoms with Crippen LogP contribution in [0.2, 0.25) is 0 Å². The van der Waals surface area contributed by atoms with Crippen molar-refractivity contribution in [3.05, 3.63) is 34.9 Å². The van der Waals surface area contributed by atoms with Gasteiger partial charge in [0.2, 0.25) is 0 Å². The van der Waals surface area contributed by atoms with Gasteiger partial charge in [-0.05, 0) is 36.5 Å². The average Bonchev–Trinajstić information content (AvgIpc) is 2.37. The molecule has 0 fully saturated rings. The molecular formula is C18H25NO2. The highest BCUT2D eigenvalue weighted by Crippen LogP contribution is 2.17. The Hall–Kier alpha value is -1.79. The van der Waals surface area contributed by atoms with Crippen LogP contribution < -0.4 is 5.32 Å². The molecule has 0 spiro atoms. The van der Waals surface area contributed by atoms with Gasteiger partial charge in [0.1, 0.15) is 0 Å². The van der Waals surface area contributed by atoms with Gasteiger partial charge >= 0.3 is 0 Å². The Morgan fingerprint density at radius 2 is 2.05 bits per heavy atom. The second-order valence-electron chi connectivity index (χ2n) is 6.39. The Morgan fingerprint density at radius 3 is 2.67 bits per heavy atom. The van der Waals surface area contributed by atoms with Gasteiger partial charge in [0, 0.05) is 18.5 Å². The molecule has 2 N–H and O–H groups in total. The SMILES string of the molecule is Cc1ccc(C(=O)NCCC(C)(C)C)c(C#CCCO)c1. The van der Waals surface area contributed by atoms with Crippen LogP contribution in [0.4, 0.5) is 0 Å². The second-order valence-corrected chi connectivity index (χ2v) is 6.39. The Kier molecular flexibility index (Phi) is 6.45. The lowest BCUT2D eigenvalue weighted by molar-refractivity contribution is 0.0949. The Morgan fingerprint density at radius 1 is 1.33 bits per heavy atom. The molecule has 0 saturated heterocycles. The van der Waals surface area contributed by atoms with Gasteiger partial charge in [0.05, 0.1) is 12.2 Å². The molecule has 0 heterocycles. The van der Waals surface area contributed by atoms with Crippen LogP contribution in [0.25, 0.3) is 0 Å². The molecule has 0 unspecified atom stereocenters. The first kappa shape index (κ1) is 17.3. The van der Waals surface area contributed by atoms with E-state index < -0.39 is 0 Å². The van der Waals surface area contributed by atoms with Crippen LogP contribution in [0.3, 0.4) is 0 Å². The van der Waals surface area contributed by atoms with Gasteiger partial charge in [0.15, 0.2) is 0 Å². The van der Waals surface area contributed by atoms with E-state index in [0.29, 0.717) is 18.5 Å². The summed E-state index contributed by atoms with van der Waals surface area (Å²) in [6.45, 7) is 9.11. The van der Waals surface area contributed by atoms with Gasteiger partial charge in [-0.1, -0.05) is 38.7 Å². The van der Waals surface area contributed by atoms with Crippen molar-refractivity contribution < 1.29 is 9.90 Å². The monoisotopic (exact) mass is 287 g/mol. The van der Waals surface area contributed by atoms with Gasteiger partial charge in [-0.25, -0.2) is 0 Å². The summed E-state index contributed by atoms with van der Waals surface area (Å²) in [4.78, 5) is 12.3. The summed E-state index contributed by atoms with van der Waals surface area (Å²) in [6, 6.07) is 5.63. The lowest BCUT2D eigenvalue weighted by Gasteiger charge is -2.18. The number of rotatable bonds is 4. The van der Waals surface area contributed by atoms with E-state index >= 15 is 0 Å². The van der Waals surface area contributed by atoms with Crippen LogP contribution in [0.5, 0.6) is 0 Å². The zero-order chi connectivity index (χ0) is 15.9. The van der Waals surface area contributed by atoms with E-state index in [1.807, 2.05) is 25.1 Å². The highest BCUT2D eigenvalue weighted by atomic mass is 16.2. The largest absolute Gasteiger partial charge is 0.395 e. The first-order valence-electron chi connectivity index (χ1n) is 7.32. The van der Waals surface area contributed by atoms with Crippen LogP contribution in [-0.4, -0.2) is 24.2 Å². The van der Waals surface area contributed by atoms with E-state index in [1.165, 1.54) is 0 Å². The third kappa shape index (κ3) is 6.46. The van der Waals surface area contributed by atoms with E-state index in [4.69, 9.17) is 5.11 Å². The smallest absolute Gasteiger partial charge is 0.252 e. The fourth-order valence-corrected chi connectivity index (χ4v) is 1.82. The van der Waals surface area contributed by atoms with E-state index in [9.17, 15) is 4.79 Å². The van der Waals surface area contributed by atoms with E-state index in [0.717, 1.165) is 17.5 Å². The zero-order valence-electron chi connectivity index (χ0n) is 13.4. The molecule has 3 heteroatoms. The van der Waals surface area contributed by atoms with Crippen molar-refractivity contribution in [3.8, 4) is 11.8 Å². The van der Waals surface area contributed by atoms with Crippen molar-refractivity contribution in [1.29, 1.82) is 0 Å². The molecule has 1 amide bonds. The van der Waals surface area contributed by atoms with Crippen LogP contribution in [0, 0.1) is 24.2 Å². The quantitative estimate of drug-likeness (QED) is 0.837. The molecule has 0 atom stereocenters. The number of amides is 1. The number of carbonyl (C=O) groups excluding carboxylic acids is 1. The number of benzene rings is 1. The van der Waals surface area contributed by atoms with Crippen LogP contribution in [-0.2, 0) is 0 Å². The fraction of sp³-hybridized carbons (Fsp3) is 0.500. The minimum atomic E-state index is -0.0902. The lowest BCUT2D eigenvalue weighted by Crippen LogP contribution is -2.27. The Labute approximate surface area is 127 Å². The summed E-state index contributed by atoms with van der Waals surface area (Å²) in [5.74, 6) is 5.76. The van der Waals surface area contributed by atoms with Gasteiger partial charge in [0.25, 0.3) is 5.91 Å². The van der Waals surface area contributed by atoms with E-state index in [1.54, 1.807) is 0 Å². The van der Waals surface area contributed by atoms with Crippen molar-refractivity contribution in [2.24, 2.45) is 5.41 Å². The first-order valence-corrected chi connectivity index (χ1v) is 7.32. The van der Waals surface area contributed by atoms with Gasteiger partial charge in [-0.15, -0.1) is 0 Å². The molecule has 0 aliphatic carbocycles. The van der Waals surface area contributed by atoms with Gasteiger partial charge < -0.3 is 10.4 Å². The van der Waals surface area contributed by atoms with Crippen molar-refractivity contribution >= 4 is 5.91 Å². The molecule has 0 aliphatic heterocycles. The normalized spacial score (nSPS) is 10.7. The van der Waals surface area contributed by atoms with E-state index in [-0.39, 0.29) is 17.9 Å². The molecule has 0 saturated carbocycles. The third-order valence-electron chi connectivity index (χ3n) is 3.04. The molecule has 1 aromatic rings. The summed E-state index contributed by atoms with van der Waals surface area (Å²) in [5.41, 5.74) is 2.58. The summed E-state index contributed by atoms with van der Waals surface area (Å²) in [6.07, 6.45) is 1.34. The standard InChI is InChI=1S/C18H25NO2/c1-14-8-9-16(15(13-14)7-5-6-12-20)17(21)19-11-10-18(2,3)4/h8-9,13,20H,6,10-12H2,1-4H3,(H,19,21). The van der Waals surface area contributed by atoms with Crippen LogP contribution >= 0.6 is 0 Å². The summed E-state index contributed by atoms with van der Waals surface area (Å²) >= 11 is 0. The zero-order valence-corrected chi connectivity index (χ0v) is 13.4. The molecule has 114 valence electrons. The molecular weight excluding hydrogens is 262 g/mol. The van der Waals surface area contributed by atoms with Crippen molar-refractivity contribution in [3.63, 3.8) is 0 Å². The lowest BCUT2D eigenvalue weighted by atomic mass is 9.92. The number of nitrogens with one attached hydrogen (secondary N) is 1. The first-order chi connectivity index (χ1) is 9.83. The molecule has 1 rings (SSSR count). The summed E-state index contributed by atoms with van der Waals surface area (Å²) in [7, 11) is 0. The second kappa shape index (κ2) is 7.85. The highest BCUT2D eigenvalue weighted by Gasteiger charge is 2.13. The molecule has 0 bridgehead atoms. The predicted octanol–water partition coefficient (Wildman–Crippen LogP) is 2.89. The van der Waals surface area contributed by atoms with Crippen molar-refractivity contribution in [2.45, 2.75) is 40.5 Å². The van der Waals surface area contributed by atoms with Crippen molar-refractivity contribution in [2.75, 3.05) is 13.2 Å². The Bertz CT molecular complexity index is 545. The van der Waals surface area contributed by atoms with Crippen LogP contribution in [0.1, 0.15) is 55.1 Å².